The van der Waals surface area contributed by atoms with Gasteiger partial charge in [-0.05, 0) is 37.6 Å². The maximum absolute atomic E-state index is 13.1. The summed E-state index contributed by atoms with van der Waals surface area (Å²) >= 11 is 0. The highest BCUT2D eigenvalue weighted by Gasteiger charge is 2.33. The van der Waals surface area contributed by atoms with Gasteiger partial charge in [0.05, 0.1) is 11.8 Å². The molecule has 0 saturated carbocycles. The molecule has 29 heavy (non-hydrogen) atoms. The molecule has 2 aromatic carbocycles. The minimum absolute atomic E-state index is 0.0553. The van der Waals surface area contributed by atoms with Crippen LogP contribution in [0.3, 0.4) is 0 Å². The van der Waals surface area contributed by atoms with Crippen molar-refractivity contribution in [2.75, 3.05) is 0 Å². The predicted octanol–water partition coefficient (Wildman–Crippen LogP) is 5.43. The molecule has 0 aliphatic heterocycles. The molecule has 1 unspecified atom stereocenters. The van der Waals surface area contributed by atoms with E-state index in [1.54, 1.807) is 24.4 Å². The molecule has 0 amide bonds. The molecule has 1 atom stereocenters. The van der Waals surface area contributed by atoms with Crippen molar-refractivity contribution in [3.63, 3.8) is 0 Å². The second-order valence-corrected chi connectivity index (χ2v) is 6.92. The highest BCUT2D eigenvalue weighted by Crippen LogP contribution is 2.33. The largest absolute Gasteiger partial charge is 0.489 e. The number of Topliss-reactive ketones (excluding diaryl/α,β-unsaturated/α-hetero) is 1. The zero-order chi connectivity index (χ0) is 21.0. The molecule has 1 N–H and O–H groups in total. The number of ether oxygens (including phenoxy) is 1. The molecule has 0 aliphatic carbocycles. The Morgan fingerprint density at radius 1 is 1.14 bits per heavy atom. The number of aromatic amines is 1. The molecule has 3 rings (SSSR count). The molecule has 7 heteroatoms. The fourth-order valence-corrected chi connectivity index (χ4v) is 3.29. The lowest BCUT2D eigenvalue weighted by molar-refractivity contribution is -0.138. The van der Waals surface area contributed by atoms with Gasteiger partial charge in [0, 0.05) is 29.2 Å². The van der Waals surface area contributed by atoms with Crippen LogP contribution in [0.5, 0.6) is 5.75 Å². The first-order valence-corrected chi connectivity index (χ1v) is 9.13. The molecule has 1 heterocycles. The Morgan fingerprint density at radius 3 is 2.41 bits per heavy atom. The van der Waals surface area contributed by atoms with Gasteiger partial charge in [-0.3, -0.25) is 9.89 Å². The zero-order valence-electron chi connectivity index (χ0n) is 16.1. The summed E-state index contributed by atoms with van der Waals surface area (Å²) in [5, 5.41) is 6.91. The van der Waals surface area contributed by atoms with Crippen molar-refractivity contribution in [2.24, 2.45) is 0 Å². The molecule has 1 aromatic heterocycles. The van der Waals surface area contributed by atoms with Gasteiger partial charge in [0.1, 0.15) is 18.1 Å². The number of halogens is 3. The lowest BCUT2D eigenvalue weighted by atomic mass is 9.87. The molecule has 152 valence electrons. The van der Waals surface area contributed by atoms with E-state index in [0.29, 0.717) is 12.2 Å². The van der Waals surface area contributed by atoms with E-state index in [2.05, 4.69) is 10.2 Å². The van der Waals surface area contributed by atoms with Crippen LogP contribution in [-0.2, 0) is 17.6 Å². The standard InChI is InChI=1S/C22H21F3N2O2/c1-14(28)11-19(20-12-26-27-15(20)2)16-7-9-18(10-8-16)29-13-17-5-3-4-6-21(17)22(23,24)25/h3-10,12,19H,11,13H2,1-2H3,(H,26,27). The van der Waals surface area contributed by atoms with E-state index in [9.17, 15) is 18.0 Å². The Kier molecular flexibility index (Phi) is 6.06. The summed E-state index contributed by atoms with van der Waals surface area (Å²) in [6.07, 6.45) is -2.38. The van der Waals surface area contributed by atoms with Crippen molar-refractivity contribution >= 4 is 5.78 Å². The van der Waals surface area contributed by atoms with Crippen molar-refractivity contribution in [1.82, 2.24) is 10.2 Å². The maximum atomic E-state index is 13.1. The summed E-state index contributed by atoms with van der Waals surface area (Å²) < 4.78 is 44.9. The minimum Gasteiger partial charge on any atom is -0.489 e. The molecule has 0 bridgehead atoms. The molecular formula is C22H21F3N2O2. The molecule has 0 spiro atoms. The van der Waals surface area contributed by atoms with Crippen LogP contribution < -0.4 is 4.74 Å². The van der Waals surface area contributed by atoms with Crippen LogP contribution in [0.1, 0.15) is 47.2 Å². The summed E-state index contributed by atoms with van der Waals surface area (Å²) in [6, 6.07) is 12.4. The van der Waals surface area contributed by atoms with Crippen molar-refractivity contribution in [3.8, 4) is 5.75 Å². The van der Waals surface area contributed by atoms with Crippen LogP contribution in [0.2, 0.25) is 0 Å². The van der Waals surface area contributed by atoms with Crippen LogP contribution >= 0.6 is 0 Å². The molecule has 0 saturated heterocycles. The quantitative estimate of drug-likeness (QED) is 0.574. The molecule has 0 radical (unpaired) electrons. The van der Waals surface area contributed by atoms with E-state index in [1.165, 1.54) is 19.1 Å². The summed E-state index contributed by atoms with van der Waals surface area (Å²) in [4.78, 5) is 11.7. The number of aryl methyl sites for hydroxylation is 1. The number of H-pyrrole nitrogens is 1. The van der Waals surface area contributed by atoms with Gasteiger partial charge < -0.3 is 4.74 Å². The van der Waals surface area contributed by atoms with Crippen molar-refractivity contribution in [1.29, 1.82) is 0 Å². The summed E-state index contributed by atoms with van der Waals surface area (Å²) in [6.45, 7) is 3.25. The van der Waals surface area contributed by atoms with E-state index < -0.39 is 11.7 Å². The van der Waals surface area contributed by atoms with Gasteiger partial charge in [-0.15, -0.1) is 0 Å². The Bertz CT molecular complexity index is 978. The highest BCUT2D eigenvalue weighted by molar-refractivity contribution is 5.77. The van der Waals surface area contributed by atoms with Crippen molar-refractivity contribution in [3.05, 3.63) is 82.7 Å². The highest BCUT2D eigenvalue weighted by atomic mass is 19.4. The number of nitrogens with one attached hydrogen (secondary N) is 1. The maximum Gasteiger partial charge on any atom is 0.416 e. The Hall–Kier alpha value is -3.09. The van der Waals surface area contributed by atoms with Gasteiger partial charge >= 0.3 is 6.18 Å². The number of nitrogens with zero attached hydrogens (tertiary/aromatic N) is 1. The average Bonchev–Trinajstić information content (AvgIpc) is 3.10. The van der Waals surface area contributed by atoms with Crippen LogP contribution in [0, 0.1) is 6.92 Å². The number of rotatable bonds is 7. The molecule has 0 aliphatic rings. The number of carbonyl (C=O) groups is 1. The van der Waals surface area contributed by atoms with Gasteiger partial charge in [-0.1, -0.05) is 30.3 Å². The van der Waals surface area contributed by atoms with Crippen LogP contribution in [-0.4, -0.2) is 16.0 Å². The van der Waals surface area contributed by atoms with Crippen LogP contribution in [0.4, 0.5) is 13.2 Å². The Balaban J connectivity index is 1.77. The number of aromatic nitrogens is 2. The van der Waals surface area contributed by atoms with Gasteiger partial charge in [0.2, 0.25) is 0 Å². The van der Waals surface area contributed by atoms with Gasteiger partial charge in [-0.2, -0.15) is 18.3 Å². The van der Waals surface area contributed by atoms with E-state index >= 15 is 0 Å². The SMILES string of the molecule is CC(=O)CC(c1ccc(OCc2ccccc2C(F)(F)F)cc1)c1cn[nH]c1C. The molecular weight excluding hydrogens is 381 g/mol. The number of hydrogen-bond acceptors (Lipinski definition) is 3. The Morgan fingerprint density at radius 2 is 1.83 bits per heavy atom. The van der Waals surface area contributed by atoms with E-state index in [4.69, 9.17) is 4.74 Å². The van der Waals surface area contributed by atoms with Gasteiger partial charge in [0.25, 0.3) is 0 Å². The van der Waals surface area contributed by atoms with Gasteiger partial charge in [-0.25, -0.2) is 0 Å². The van der Waals surface area contributed by atoms with Gasteiger partial charge in [0.15, 0.2) is 0 Å². The van der Waals surface area contributed by atoms with Crippen LogP contribution in [0.25, 0.3) is 0 Å². The first-order chi connectivity index (χ1) is 13.8. The fraction of sp³-hybridized carbons (Fsp3) is 0.273. The van der Waals surface area contributed by atoms with E-state index in [0.717, 1.165) is 22.9 Å². The molecule has 3 aromatic rings. The predicted molar refractivity (Wildman–Crippen MR) is 103 cm³/mol. The Labute approximate surface area is 166 Å². The number of alkyl halides is 3. The third-order valence-corrected chi connectivity index (χ3v) is 4.74. The number of carbonyl (C=O) groups excluding carboxylic acids is 1. The zero-order valence-corrected chi connectivity index (χ0v) is 16.1. The third-order valence-electron chi connectivity index (χ3n) is 4.74. The topological polar surface area (TPSA) is 55.0 Å². The minimum atomic E-state index is -4.42. The average molecular weight is 402 g/mol. The second-order valence-electron chi connectivity index (χ2n) is 6.92. The fourth-order valence-electron chi connectivity index (χ4n) is 3.29. The summed E-state index contributed by atoms with van der Waals surface area (Å²) in [5.41, 5.74) is 2.11. The number of ketones is 1. The first kappa shape index (κ1) is 20.6. The van der Waals surface area contributed by atoms with Crippen molar-refractivity contribution in [2.45, 2.75) is 39.0 Å². The number of benzene rings is 2. The first-order valence-electron chi connectivity index (χ1n) is 9.13. The summed E-state index contributed by atoms with van der Waals surface area (Å²) in [7, 11) is 0. The lowest BCUT2D eigenvalue weighted by Gasteiger charge is -2.17. The molecule has 4 nitrogen and oxygen atoms in total. The smallest absolute Gasteiger partial charge is 0.416 e. The van der Waals surface area contributed by atoms with Crippen LogP contribution in [0.15, 0.2) is 54.7 Å². The monoisotopic (exact) mass is 402 g/mol. The second kappa shape index (κ2) is 8.51. The third kappa shape index (κ3) is 5.04. The number of hydrogen-bond donors (Lipinski definition) is 1. The normalized spacial score (nSPS) is 12.6. The lowest BCUT2D eigenvalue weighted by Crippen LogP contribution is -2.10. The van der Waals surface area contributed by atoms with E-state index in [-0.39, 0.29) is 23.9 Å². The van der Waals surface area contributed by atoms with Crippen molar-refractivity contribution < 1.29 is 22.7 Å². The van der Waals surface area contributed by atoms with E-state index in [1.807, 2.05) is 19.1 Å². The molecule has 0 fully saturated rings. The summed E-state index contributed by atoms with van der Waals surface area (Å²) in [5.74, 6) is 0.363.